The van der Waals surface area contributed by atoms with Crippen molar-refractivity contribution in [2.24, 2.45) is 10.3 Å². The highest BCUT2D eigenvalue weighted by atomic mass is 32.2. The first kappa shape index (κ1) is 17.8. The number of alkyl halides is 3. The van der Waals surface area contributed by atoms with Gasteiger partial charge in [-0.15, -0.1) is 4.40 Å². The first-order valence-electron chi connectivity index (χ1n) is 8.39. The molecule has 2 aliphatic heterocycles. The summed E-state index contributed by atoms with van der Waals surface area (Å²) >= 11 is 0. The van der Waals surface area contributed by atoms with Crippen LogP contribution in [0.1, 0.15) is 18.4 Å². The van der Waals surface area contributed by atoms with Gasteiger partial charge >= 0.3 is 6.18 Å². The summed E-state index contributed by atoms with van der Waals surface area (Å²) in [6.07, 6.45) is 4.94. The lowest BCUT2D eigenvalue weighted by atomic mass is 10.1. The Kier molecular flexibility index (Phi) is 4.14. The maximum absolute atomic E-state index is 12.7. The second-order valence-corrected chi connectivity index (χ2v) is 8.15. The van der Waals surface area contributed by atoms with Crippen molar-refractivity contribution in [1.82, 2.24) is 10.2 Å². The molecule has 1 fully saturated rings. The van der Waals surface area contributed by atoms with Crippen LogP contribution in [0.2, 0.25) is 0 Å². The van der Waals surface area contributed by atoms with Crippen LogP contribution in [-0.4, -0.2) is 25.7 Å². The molecule has 5 nitrogen and oxygen atoms in total. The molecule has 4 rings (SSSR count). The lowest BCUT2D eigenvalue weighted by molar-refractivity contribution is -0.137. The first-order chi connectivity index (χ1) is 12.7. The zero-order chi connectivity index (χ0) is 19.2. The molecule has 1 aromatic rings. The third-order valence-electron chi connectivity index (χ3n) is 4.59. The highest BCUT2D eigenvalue weighted by Crippen LogP contribution is 2.39. The second-order valence-electron chi connectivity index (χ2n) is 6.54. The molecule has 3 aliphatic rings. The van der Waals surface area contributed by atoms with Gasteiger partial charge in [-0.3, -0.25) is 0 Å². The van der Waals surface area contributed by atoms with Crippen molar-refractivity contribution in [3.05, 3.63) is 65.7 Å². The number of hydrogen-bond acceptors (Lipinski definition) is 3. The van der Waals surface area contributed by atoms with E-state index in [2.05, 4.69) is 9.71 Å². The molecule has 2 heterocycles. The Balaban J connectivity index is 1.61. The van der Waals surface area contributed by atoms with E-state index in [0.717, 1.165) is 42.9 Å². The minimum absolute atomic E-state index is 0.214. The van der Waals surface area contributed by atoms with E-state index in [1.54, 1.807) is 11.1 Å². The minimum Gasteiger partial charge on any atom is -0.348 e. The fourth-order valence-electron chi connectivity index (χ4n) is 2.99. The Hall–Kier alpha value is -2.55. The number of nitrogens with one attached hydrogen (secondary N) is 1. The predicted octanol–water partition coefficient (Wildman–Crippen LogP) is 3.40. The topological polar surface area (TPSA) is 61.8 Å². The smallest absolute Gasteiger partial charge is 0.348 e. The summed E-state index contributed by atoms with van der Waals surface area (Å²) in [5, 5.41) is 3.08. The Labute approximate surface area is 154 Å². The van der Waals surface area contributed by atoms with Gasteiger partial charge in [0.25, 0.3) is 10.0 Å². The Bertz CT molecular complexity index is 986. The zero-order valence-corrected chi connectivity index (χ0v) is 14.9. The average Bonchev–Trinajstić information content (AvgIpc) is 3.46. The van der Waals surface area contributed by atoms with Crippen LogP contribution in [0.15, 0.2) is 69.4 Å². The first-order valence-corrected chi connectivity index (χ1v) is 9.83. The molecule has 0 saturated heterocycles. The van der Waals surface area contributed by atoms with Gasteiger partial charge in [0.2, 0.25) is 0 Å². The van der Waals surface area contributed by atoms with Crippen LogP contribution in [0.4, 0.5) is 13.2 Å². The summed E-state index contributed by atoms with van der Waals surface area (Å²) < 4.78 is 66.9. The normalized spacial score (nSPS) is 21.4. The molecule has 0 aromatic heterocycles. The largest absolute Gasteiger partial charge is 0.416 e. The summed E-state index contributed by atoms with van der Waals surface area (Å²) in [4.78, 5) is 1.43. The van der Waals surface area contributed by atoms with E-state index in [4.69, 9.17) is 0 Å². The fraction of sp³-hybridized carbons (Fsp3) is 0.278. The van der Waals surface area contributed by atoms with Crippen LogP contribution in [0.3, 0.4) is 0 Å². The number of allylic oxidation sites excluding steroid dienone is 2. The molecule has 0 radical (unpaired) electrons. The molecule has 142 valence electrons. The van der Waals surface area contributed by atoms with Gasteiger partial charge in [0.1, 0.15) is 11.7 Å². The maximum atomic E-state index is 12.7. The van der Waals surface area contributed by atoms with Crippen molar-refractivity contribution in [1.29, 1.82) is 0 Å². The highest BCUT2D eigenvalue weighted by Gasteiger charge is 2.32. The number of amidine groups is 1. The average molecular weight is 395 g/mol. The van der Waals surface area contributed by atoms with Crippen molar-refractivity contribution in [2.45, 2.75) is 23.9 Å². The van der Waals surface area contributed by atoms with Gasteiger partial charge in [0.05, 0.1) is 10.5 Å². The van der Waals surface area contributed by atoms with Gasteiger partial charge in [0, 0.05) is 12.7 Å². The van der Waals surface area contributed by atoms with Crippen LogP contribution in [-0.2, 0) is 16.2 Å². The second kappa shape index (κ2) is 6.26. The van der Waals surface area contributed by atoms with Crippen molar-refractivity contribution >= 4 is 15.9 Å². The molecular formula is C18H16F3N3O2S. The molecule has 1 saturated carbocycles. The third kappa shape index (κ3) is 3.64. The number of halogens is 3. The van der Waals surface area contributed by atoms with Gasteiger partial charge < -0.3 is 10.2 Å². The van der Waals surface area contributed by atoms with E-state index in [1.807, 2.05) is 12.2 Å². The molecule has 0 amide bonds. The monoisotopic (exact) mass is 395 g/mol. The van der Waals surface area contributed by atoms with Crippen LogP contribution in [0.5, 0.6) is 0 Å². The number of benzene rings is 1. The van der Waals surface area contributed by atoms with E-state index in [1.165, 1.54) is 11.6 Å². The Morgan fingerprint density at radius 1 is 1.15 bits per heavy atom. The lowest BCUT2D eigenvalue weighted by Crippen LogP contribution is -2.40. The van der Waals surface area contributed by atoms with Crippen LogP contribution in [0.25, 0.3) is 0 Å². The molecule has 0 bridgehead atoms. The molecule has 1 N–H and O–H groups in total. The quantitative estimate of drug-likeness (QED) is 0.852. The molecule has 27 heavy (non-hydrogen) atoms. The maximum Gasteiger partial charge on any atom is 0.416 e. The summed E-state index contributed by atoms with van der Waals surface area (Å²) in [5.74, 6) is 1.53. The summed E-state index contributed by atoms with van der Waals surface area (Å²) in [6, 6.07) is 3.32. The standard InChI is InChI=1S/C18H16F3N3O2S/c19-18(20,21)14-3-5-15(6-4-14)27(25,26)23-16-7-9-22-17-11-13(12-1-2-12)8-10-24(16)17/h3-9,11-12,22H,1-2,10H2. The molecule has 0 unspecified atom stereocenters. The van der Waals surface area contributed by atoms with E-state index in [0.29, 0.717) is 12.5 Å². The van der Waals surface area contributed by atoms with Crippen molar-refractivity contribution in [3.63, 3.8) is 0 Å². The SMILES string of the molecule is O=S(=O)(N=C1C=CNC2=CC(C3CC3)=CCN21)c1ccc(C(F)(F)F)cc1. The Morgan fingerprint density at radius 2 is 1.85 bits per heavy atom. The summed E-state index contributed by atoms with van der Waals surface area (Å²) in [7, 11) is -4.14. The van der Waals surface area contributed by atoms with Gasteiger partial charge in [-0.2, -0.15) is 21.6 Å². The van der Waals surface area contributed by atoms with Gasteiger partial charge in [0.15, 0.2) is 0 Å². The minimum atomic E-state index is -4.52. The summed E-state index contributed by atoms with van der Waals surface area (Å²) in [6.45, 7) is 0.483. The Morgan fingerprint density at radius 3 is 2.48 bits per heavy atom. The van der Waals surface area contributed by atoms with E-state index in [9.17, 15) is 21.6 Å². The van der Waals surface area contributed by atoms with E-state index >= 15 is 0 Å². The number of rotatable bonds is 3. The molecule has 0 atom stereocenters. The molecular weight excluding hydrogens is 379 g/mol. The number of sulfonamides is 1. The predicted molar refractivity (Wildman–Crippen MR) is 93.9 cm³/mol. The van der Waals surface area contributed by atoms with Crippen molar-refractivity contribution in [2.75, 3.05) is 6.54 Å². The van der Waals surface area contributed by atoms with E-state index < -0.39 is 21.8 Å². The molecule has 0 spiro atoms. The van der Waals surface area contributed by atoms with Crippen molar-refractivity contribution < 1.29 is 21.6 Å². The highest BCUT2D eigenvalue weighted by molar-refractivity contribution is 7.90. The fourth-order valence-corrected chi connectivity index (χ4v) is 3.98. The zero-order valence-electron chi connectivity index (χ0n) is 14.1. The molecule has 9 heteroatoms. The van der Waals surface area contributed by atoms with Crippen LogP contribution < -0.4 is 5.32 Å². The number of nitrogens with zero attached hydrogens (tertiary/aromatic N) is 2. The van der Waals surface area contributed by atoms with Gasteiger partial charge in [-0.1, -0.05) is 6.08 Å². The van der Waals surface area contributed by atoms with Crippen LogP contribution >= 0.6 is 0 Å². The molecule has 1 aliphatic carbocycles. The van der Waals surface area contributed by atoms with E-state index in [-0.39, 0.29) is 10.7 Å². The summed E-state index contributed by atoms with van der Waals surface area (Å²) in [5.41, 5.74) is 0.323. The lowest BCUT2D eigenvalue weighted by Gasteiger charge is -2.32. The van der Waals surface area contributed by atoms with Gasteiger partial charge in [-0.25, -0.2) is 0 Å². The van der Waals surface area contributed by atoms with Crippen LogP contribution in [0, 0.1) is 5.92 Å². The third-order valence-corrected chi connectivity index (χ3v) is 5.88. The van der Waals surface area contributed by atoms with Crippen molar-refractivity contribution in [3.8, 4) is 0 Å². The van der Waals surface area contributed by atoms with Gasteiger partial charge in [-0.05, 0) is 60.8 Å². The number of hydrogen-bond donors (Lipinski definition) is 1. The molecule has 1 aromatic carbocycles. The number of fused-ring (bicyclic) bond motifs is 1.